The zero-order chi connectivity index (χ0) is 53.0. The monoisotopic (exact) mass is 1040 g/mol. The van der Waals surface area contributed by atoms with Crippen LogP contribution in [-0.4, -0.2) is 137 Å². The Hall–Kier alpha value is -6.93. The zero-order valence-electron chi connectivity index (χ0n) is 44.2. The van der Waals surface area contributed by atoms with Crippen molar-refractivity contribution in [3.63, 3.8) is 0 Å². The van der Waals surface area contributed by atoms with Crippen molar-refractivity contribution in [3.8, 4) is 34.3 Å². The van der Waals surface area contributed by atoms with Crippen LogP contribution in [0, 0.1) is 18.8 Å². The lowest BCUT2D eigenvalue weighted by Gasteiger charge is -2.37. The van der Waals surface area contributed by atoms with Crippen LogP contribution >= 0.6 is 12.8 Å². The third-order valence-corrected chi connectivity index (χ3v) is 15.0. The molecule has 0 aliphatic carbocycles. The van der Waals surface area contributed by atoms with Gasteiger partial charge in [0.15, 0.2) is 11.6 Å². The summed E-state index contributed by atoms with van der Waals surface area (Å²) in [7, 11) is 5.26. The van der Waals surface area contributed by atoms with Crippen molar-refractivity contribution < 1.29 is 24.5 Å². The van der Waals surface area contributed by atoms with Crippen molar-refractivity contribution in [2.75, 3.05) is 99.5 Å². The number of thiol groups is 1. The highest BCUT2D eigenvalue weighted by atomic mass is 32.1. The number of benzene rings is 4. The van der Waals surface area contributed by atoms with E-state index in [-0.39, 0.29) is 17.3 Å². The zero-order valence-corrected chi connectivity index (χ0v) is 45.1. The molecule has 18 nitrogen and oxygen atoms in total. The van der Waals surface area contributed by atoms with Crippen LogP contribution in [0.15, 0.2) is 85.1 Å². The third-order valence-electron chi connectivity index (χ3n) is 14.6. The molecule has 8 rings (SSSR count). The lowest BCUT2D eigenvalue weighted by Crippen LogP contribution is -2.47. The minimum absolute atomic E-state index is 0.00503. The number of piperidine rings is 1. The van der Waals surface area contributed by atoms with E-state index < -0.39 is 5.91 Å². The summed E-state index contributed by atoms with van der Waals surface area (Å²) in [6.07, 6.45) is 8.83. The van der Waals surface area contributed by atoms with Gasteiger partial charge in [-0.1, -0.05) is 56.5 Å². The molecular formula is C56H73N13O5S. The molecule has 2 amide bonds. The largest absolute Gasteiger partial charge is 0.508 e. The normalized spacial score (nSPS) is 14.9. The van der Waals surface area contributed by atoms with Crippen LogP contribution in [0.2, 0.25) is 0 Å². The average Bonchev–Trinajstić information content (AvgIpc) is 3.88. The number of phenols is 2. The fourth-order valence-electron chi connectivity index (χ4n) is 10.2. The summed E-state index contributed by atoms with van der Waals surface area (Å²) in [6, 6.07) is 25.2. The van der Waals surface area contributed by atoms with Gasteiger partial charge in [0.2, 0.25) is 18.2 Å². The van der Waals surface area contributed by atoms with Gasteiger partial charge in [-0.15, -0.1) is 10.2 Å². The van der Waals surface area contributed by atoms with E-state index in [1.165, 1.54) is 29.4 Å². The van der Waals surface area contributed by atoms with E-state index in [0.29, 0.717) is 65.0 Å². The molecule has 0 bridgehead atoms. The standard InChI is InChI=1S/C56H73N13O5S/c1-7-42-31-45(50(72)33-49(42)71)52-62-63-54(55(73)58-5)68(52)43-17-15-40(16-18-43)35-65-27-29-66(30-28-65)36-41(21-24-57-4)14-13-39-22-25-67(26-23-39)44-19-20-46(51(32-44)74-8-2)60-56-59-34-48(64(6)37-70)53(61-56)69(75)47-12-10-9-11-38(47)3/h9-12,15-20,31-34,37,39,41,57,71-72,75H,7-8,13-14,21-30,35-36H2,1-6H3,(H,58,73)(H,59,60,61). The predicted molar refractivity (Wildman–Crippen MR) is 301 cm³/mol. The van der Waals surface area contributed by atoms with Crippen LogP contribution < -0.4 is 34.8 Å². The summed E-state index contributed by atoms with van der Waals surface area (Å²) in [5.41, 5.74) is 7.15. The van der Waals surface area contributed by atoms with Crippen molar-refractivity contribution >= 4 is 59.6 Å². The van der Waals surface area contributed by atoms with Gasteiger partial charge in [-0.05, 0) is 124 Å². The Kier molecular flexibility index (Phi) is 18.5. The number of carbonyl (C=O) groups excluding carboxylic acids is 2. The molecule has 1 atom stereocenters. The van der Waals surface area contributed by atoms with Gasteiger partial charge < -0.3 is 45.6 Å². The molecule has 1 unspecified atom stereocenters. The highest BCUT2D eigenvalue weighted by Crippen LogP contribution is 2.39. The Bertz CT molecular complexity index is 2870. The van der Waals surface area contributed by atoms with Crippen LogP contribution in [0.1, 0.15) is 73.3 Å². The number of hydrogen-bond donors (Lipinski definition) is 6. The first kappa shape index (κ1) is 54.3. The number of ether oxygens (including phenoxy) is 1. The van der Waals surface area contributed by atoms with E-state index in [1.807, 2.05) is 70.3 Å². The number of rotatable bonds is 23. The van der Waals surface area contributed by atoms with Crippen LogP contribution in [-0.2, 0) is 17.8 Å². The average molecular weight is 1040 g/mol. The predicted octanol–water partition coefficient (Wildman–Crippen LogP) is 8.12. The van der Waals surface area contributed by atoms with Crippen LogP contribution in [0.5, 0.6) is 17.2 Å². The number of nitrogens with zero attached hydrogens (tertiary/aromatic N) is 10. The highest BCUT2D eigenvalue weighted by Gasteiger charge is 2.27. The lowest BCUT2D eigenvalue weighted by molar-refractivity contribution is -0.107. The summed E-state index contributed by atoms with van der Waals surface area (Å²) in [5, 5.41) is 39.1. The second-order valence-electron chi connectivity index (χ2n) is 19.6. The molecule has 4 aromatic carbocycles. The van der Waals surface area contributed by atoms with Crippen LogP contribution in [0.25, 0.3) is 17.1 Å². The van der Waals surface area contributed by atoms with E-state index in [4.69, 9.17) is 22.5 Å². The Labute approximate surface area is 446 Å². The van der Waals surface area contributed by atoms with Crippen molar-refractivity contribution in [2.45, 2.75) is 65.8 Å². The smallest absolute Gasteiger partial charge is 0.289 e. The van der Waals surface area contributed by atoms with Gasteiger partial charge in [-0.2, -0.15) is 4.98 Å². The quantitative estimate of drug-likeness (QED) is 0.0266. The topological polar surface area (TPSA) is 193 Å². The van der Waals surface area contributed by atoms with Gasteiger partial charge >= 0.3 is 0 Å². The first-order valence-electron chi connectivity index (χ1n) is 26.2. The van der Waals surface area contributed by atoms with E-state index in [1.54, 1.807) is 35.2 Å². The molecule has 2 aromatic heterocycles. The number of nitrogens with one attached hydrogen (secondary N) is 3. The number of phenolic OH excluding ortho intramolecular Hbond substituents is 2. The van der Waals surface area contributed by atoms with Gasteiger partial charge in [0.1, 0.15) is 22.9 Å². The van der Waals surface area contributed by atoms with Gasteiger partial charge in [0.25, 0.3) is 5.91 Å². The first-order valence-corrected chi connectivity index (χ1v) is 26.6. The van der Waals surface area contributed by atoms with Gasteiger partial charge in [0, 0.05) is 90.0 Å². The molecule has 2 aliphatic rings. The molecule has 2 fully saturated rings. The minimum Gasteiger partial charge on any atom is -0.508 e. The maximum Gasteiger partial charge on any atom is 0.289 e. The summed E-state index contributed by atoms with van der Waals surface area (Å²) in [4.78, 5) is 43.2. The lowest BCUT2D eigenvalue weighted by atomic mass is 9.87. The number of hydrogen-bond acceptors (Lipinski definition) is 16. The highest BCUT2D eigenvalue weighted by molar-refractivity contribution is 7.82. The number of para-hydroxylation sites is 1. The van der Waals surface area contributed by atoms with E-state index in [0.717, 1.165) is 113 Å². The molecule has 6 aromatic rings. The summed E-state index contributed by atoms with van der Waals surface area (Å²) < 4.78 is 9.51. The van der Waals surface area contributed by atoms with Gasteiger partial charge in [-0.25, -0.2) is 4.98 Å². The Morgan fingerprint density at radius 2 is 1.63 bits per heavy atom. The number of amides is 2. The maximum absolute atomic E-state index is 12.9. The number of carbonyl (C=O) groups is 2. The van der Waals surface area contributed by atoms with Crippen molar-refractivity contribution in [2.24, 2.45) is 11.8 Å². The second kappa shape index (κ2) is 25.5. The fraction of sp³-hybridized carbons (Fsp3) is 0.429. The Balaban J connectivity index is 0.831. The summed E-state index contributed by atoms with van der Waals surface area (Å²) in [6.45, 7) is 15.4. The van der Waals surface area contributed by atoms with Gasteiger partial charge in [-0.3, -0.25) is 23.4 Å². The summed E-state index contributed by atoms with van der Waals surface area (Å²) in [5.74, 6) is 2.72. The van der Waals surface area contributed by atoms with Crippen LogP contribution in [0.4, 0.5) is 34.5 Å². The maximum atomic E-state index is 12.9. The fourth-order valence-corrected chi connectivity index (χ4v) is 10.6. The van der Waals surface area contributed by atoms with Crippen molar-refractivity contribution in [3.05, 3.63) is 108 Å². The minimum atomic E-state index is -0.400. The molecule has 19 heteroatoms. The number of piperazine rings is 1. The van der Waals surface area contributed by atoms with E-state index >= 15 is 0 Å². The Morgan fingerprint density at radius 1 is 0.893 bits per heavy atom. The molecule has 2 saturated heterocycles. The van der Waals surface area contributed by atoms with Gasteiger partial charge in [0.05, 0.1) is 29.7 Å². The second-order valence-corrected chi connectivity index (χ2v) is 20.0. The molecule has 4 heterocycles. The molecule has 398 valence electrons. The number of aromatic hydroxyl groups is 2. The molecular weight excluding hydrogens is 967 g/mol. The van der Waals surface area contributed by atoms with E-state index in [9.17, 15) is 19.8 Å². The SMILES string of the molecule is CCOc1cc(N2CCC(CCC(CCNC)CN3CCN(Cc4ccc(-n5c(C(=O)NC)nnc5-c5cc(CC)c(O)cc5O)cc4)CC3)CC2)ccc1Nc1ncc(N(C)C=O)c(N(S)c2ccccc2C)n1. The molecule has 5 N–H and O–H groups in total. The third kappa shape index (κ3) is 13.1. The number of anilines is 6. The molecule has 0 saturated carbocycles. The molecule has 75 heavy (non-hydrogen) atoms. The Morgan fingerprint density at radius 3 is 2.32 bits per heavy atom. The number of aromatic nitrogens is 5. The van der Waals surface area contributed by atoms with E-state index in [2.05, 4.69) is 70.1 Å². The number of aryl methyl sites for hydroxylation is 2. The summed E-state index contributed by atoms with van der Waals surface area (Å²) >= 11 is 4.82. The molecule has 0 radical (unpaired) electrons. The molecule has 0 spiro atoms. The van der Waals surface area contributed by atoms with Crippen molar-refractivity contribution in [1.82, 2.24) is 45.2 Å². The van der Waals surface area contributed by atoms with Crippen LogP contribution in [0.3, 0.4) is 0 Å². The first-order chi connectivity index (χ1) is 36.4. The molecule has 2 aliphatic heterocycles. The van der Waals surface area contributed by atoms with Crippen molar-refractivity contribution in [1.29, 1.82) is 0 Å².